The fourth-order valence-corrected chi connectivity index (χ4v) is 2.29. The number of halogens is 1. The Morgan fingerprint density at radius 3 is 2.75 bits per heavy atom. The lowest BCUT2D eigenvalue weighted by atomic mass is 10.1. The molecule has 3 aromatic rings. The second kappa shape index (κ2) is 4.71. The molecular weight excluding hydrogens is 253 g/mol. The molecule has 1 aromatic heterocycles. The zero-order chi connectivity index (χ0) is 14.1. The lowest BCUT2D eigenvalue weighted by molar-refractivity contribution is 0.601. The molecule has 2 N–H and O–H groups in total. The van der Waals surface area contributed by atoms with Crippen LogP contribution in [0.2, 0.25) is 0 Å². The van der Waals surface area contributed by atoms with Gasteiger partial charge in [-0.1, -0.05) is 6.07 Å². The molecule has 0 spiro atoms. The maximum atomic E-state index is 13.9. The van der Waals surface area contributed by atoms with E-state index in [1.165, 1.54) is 6.07 Å². The number of fused-ring (bicyclic) bond motifs is 1. The van der Waals surface area contributed by atoms with E-state index in [2.05, 4.69) is 0 Å². The summed E-state index contributed by atoms with van der Waals surface area (Å²) in [5.74, 6) is -0.360. The normalized spacial score (nSPS) is 10.6. The lowest BCUT2D eigenvalue weighted by Crippen LogP contribution is -2.01. The highest BCUT2D eigenvalue weighted by Gasteiger charge is 2.07. The van der Waals surface area contributed by atoms with Crippen LogP contribution in [0.15, 0.2) is 48.7 Å². The lowest BCUT2D eigenvalue weighted by Gasteiger charge is -2.07. The molecule has 0 aliphatic heterocycles. The Balaban J connectivity index is 1.99. The molecule has 0 amide bonds. The minimum Gasteiger partial charge on any atom is -0.399 e. The molecule has 0 radical (unpaired) electrons. The van der Waals surface area contributed by atoms with E-state index in [-0.39, 0.29) is 5.82 Å². The van der Waals surface area contributed by atoms with Crippen LogP contribution in [0.4, 0.5) is 10.1 Å². The van der Waals surface area contributed by atoms with E-state index < -0.39 is 0 Å². The minimum atomic E-state index is -0.360. The summed E-state index contributed by atoms with van der Waals surface area (Å²) in [5, 5.41) is 9.77. The average molecular weight is 265 g/mol. The molecule has 3 rings (SSSR count). The number of rotatable bonds is 2. The van der Waals surface area contributed by atoms with Crippen LogP contribution in [0.5, 0.6) is 0 Å². The fraction of sp³-hybridized carbons (Fsp3) is 0.0625. The van der Waals surface area contributed by atoms with Crippen molar-refractivity contribution in [1.82, 2.24) is 4.57 Å². The van der Waals surface area contributed by atoms with E-state index >= 15 is 0 Å². The molecule has 0 atom stereocenters. The van der Waals surface area contributed by atoms with Gasteiger partial charge in [0.2, 0.25) is 0 Å². The van der Waals surface area contributed by atoms with Crippen molar-refractivity contribution in [3.05, 3.63) is 65.6 Å². The number of hydrogen-bond acceptors (Lipinski definition) is 2. The van der Waals surface area contributed by atoms with Gasteiger partial charge in [-0.3, -0.25) is 0 Å². The highest BCUT2D eigenvalue weighted by molar-refractivity contribution is 5.83. The number of benzene rings is 2. The van der Waals surface area contributed by atoms with Crippen LogP contribution in [0, 0.1) is 17.1 Å². The monoisotopic (exact) mass is 265 g/mol. The van der Waals surface area contributed by atoms with Gasteiger partial charge in [0.15, 0.2) is 0 Å². The molecule has 0 fully saturated rings. The van der Waals surface area contributed by atoms with Gasteiger partial charge in [0, 0.05) is 28.4 Å². The first-order chi connectivity index (χ1) is 9.67. The molecule has 2 aromatic carbocycles. The molecule has 0 bridgehead atoms. The number of anilines is 1. The van der Waals surface area contributed by atoms with Crippen molar-refractivity contribution in [3.8, 4) is 6.07 Å². The van der Waals surface area contributed by atoms with Crippen molar-refractivity contribution in [1.29, 1.82) is 5.26 Å². The molecule has 0 unspecified atom stereocenters. The van der Waals surface area contributed by atoms with Gasteiger partial charge in [0.1, 0.15) is 5.82 Å². The standard InChI is InChI=1S/C16H12FN3/c17-15-7-11(9-18)1-2-13(15)10-20-6-5-12-8-14(19)3-4-16(12)20/h1-8H,10,19H2. The quantitative estimate of drug-likeness (QED) is 0.723. The largest absolute Gasteiger partial charge is 0.399 e. The Morgan fingerprint density at radius 1 is 1.15 bits per heavy atom. The maximum Gasteiger partial charge on any atom is 0.129 e. The van der Waals surface area contributed by atoms with Gasteiger partial charge in [-0.2, -0.15) is 5.26 Å². The first-order valence-corrected chi connectivity index (χ1v) is 6.20. The molecule has 0 saturated heterocycles. The minimum absolute atomic E-state index is 0.330. The number of nitriles is 1. The third-order valence-corrected chi connectivity index (χ3v) is 3.32. The highest BCUT2D eigenvalue weighted by atomic mass is 19.1. The molecule has 1 heterocycles. The van der Waals surface area contributed by atoms with E-state index in [0.717, 1.165) is 10.9 Å². The zero-order valence-corrected chi connectivity index (χ0v) is 10.7. The highest BCUT2D eigenvalue weighted by Crippen LogP contribution is 2.21. The Hall–Kier alpha value is -2.80. The van der Waals surface area contributed by atoms with Gasteiger partial charge < -0.3 is 10.3 Å². The number of nitrogens with two attached hydrogens (primary N) is 1. The Bertz CT molecular complexity index is 827. The van der Waals surface area contributed by atoms with Gasteiger partial charge in [-0.25, -0.2) is 4.39 Å². The van der Waals surface area contributed by atoms with Crippen LogP contribution in [-0.4, -0.2) is 4.57 Å². The summed E-state index contributed by atoms with van der Waals surface area (Å²) in [5.41, 5.74) is 8.34. The van der Waals surface area contributed by atoms with Gasteiger partial charge >= 0.3 is 0 Å². The molecular formula is C16H12FN3. The molecule has 0 saturated carbocycles. The maximum absolute atomic E-state index is 13.9. The Kier molecular flexibility index (Phi) is 2.88. The second-order valence-electron chi connectivity index (χ2n) is 4.68. The van der Waals surface area contributed by atoms with Crippen molar-refractivity contribution in [2.24, 2.45) is 0 Å². The van der Waals surface area contributed by atoms with Crippen molar-refractivity contribution in [3.63, 3.8) is 0 Å². The Labute approximate surface area is 115 Å². The van der Waals surface area contributed by atoms with Crippen LogP contribution in [0.3, 0.4) is 0 Å². The predicted molar refractivity (Wildman–Crippen MR) is 76.6 cm³/mol. The number of nitrogen functional groups attached to an aromatic ring is 1. The van der Waals surface area contributed by atoms with Crippen molar-refractivity contribution in [2.45, 2.75) is 6.54 Å². The van der Waals surface area contributed by atoms with Crippen LogP contribution < -0.4 is 5.73 Å². The Morgan fingerprint density at radius 2 is 2.00 bits per heavy atom. The fourth-order valence-electron chi connectivity index (χ4n) is 2.29. The van der Waals surface area contributed by atoms with Crippen molar-refractivity contribution >= 4 is 16.6 Å². The molecule has 98 valence electrons. The van der Waals surface area contributed by atoms with Gasteiger partial charge in [-0.05, 0) is 36.4 Å². The topological polar surface area (TPSA) is 54.7 Å². The van der Waals surface area contributed by atoms with E-state index in [4.69, 9.17) is 11.0 Å². The summed E-state index contributed by atoms with van der Waals surface area (Å²) in [6, 6.07) is 14.1. The third-order valence-electron chi connectivity index (χ3n) is 3.32. The zero-order valence-electron chi connectivity index (χ0n) is 10.7. The van der Waals surface area contributed by atoms with Crippen LogP contribution >= 0.6 is 0 Å². The van der Waals surface area contributed by atoms with Gasteiger partial charge in [0.05, 0.1) is 18.2 Å². The summed E-state index contributed by atoms with van der Waals surface area (Å²) >= 11 is 0. The molecule has 0 aliphatic carbocycles. The van der Waals surface area contributed by atoms with Crippen molar-refractivity contribution < 1.29 is 4.39 Å². The first-order valence-electron chi connectivity index (χ1n) is 6.20. The second-order valence-corrected chi connectivity index (χ2v) is 4.68. The van der Waals surface area contributed by atoms with Crippen LogP contribution in [0.25, 0.3) is 10.9 Å². The SMILES string of the molecule is N#Cc1ccc(Cn2ccc3cc(N)ccc32)c(F)c1. The van der Waals surface area contributed by atoms with E-state index in [1.54, 1.807) is 12.1 Å². The van der Waals surface area contributed by atoms with E-state index in [1.807, 2.05) is 41.1 Å². The number of hydrogen-bond donors (Lipinski definition) is 1. The molecule has 0 aliphatic rings. The van der Waals surface area contributed by atoms with Crippen LogP contribution in [0.1, 0.15) is 11.1 Å². The molecule has 3 nitrogen and oxygen atoms in total. The summed E-state index contributed by atoms with van der Waals surface area (Å²) in [6.45, 7) is 0.422. The smallest absolute Gasteiger partial charge is 0.129 e. The number of aromatic nitrogens is 1. The average Bonchev–Trinajstić information content (AvgIpc) is 2.83. The van der Waals surface area contributed by atoms with Crippen LogP contribution in [-0.2, 0) is 6.54 Å². The van der Waals surface area contributed by atoms with Crippen molar-refractivity contribution in [2.75, 3.05) is 5.73 Å². The van der Waals surface area contributed by atoms with Gasteiger partial charge in [0.25, 0.3) is 0 Å². The first kappa shape index (κ1) is 12.2. The summed E-state index contributed by atoms with van der Waals surface area (Å²) in [6.07, 6.45) is 1.90. The molecule has 4 heteroatoms. The predicted octanol–water partition coefficient (Wildman–Crippen LogP) is 3.28. The number of nitrogens with zero attached hydrogens (tertiary/aromatic N) is 2. The third kappa shape index (κ3) is 2.10. The van der Waals surface area contributed by atoms with Gasteiger partial charge in [-0.15, -0.1) is 0 Å². The summed E-state index contributed by atoms with van der Waals surface area (Å²) < 4.78 is 15.9. The van der Waals surface area contributed by atoms with E-state index in [9.17, 15) is 4.39 Å². The summed E-state index contributed by atoms with van der Waals surface area (Å²) in [7, 11) is 0. The van der Waals surface area contributed by atoms with E-state index in [0.29, 0.717) is 23.4 Å². The summed E-state index contributed by atoms with van der Waals surface area (Å²) in [4.78, 5) is 0. The molecule has 20 heavy (non-hydrogen) atoms.